The third kappa shape index (κ3) is 6.17. The van der Waals surface area contributed by atoms with Gasteiger partial charge in [0, 0.05) is 30.7 Å². The number of nitro groups is 2. The van der Waals surface area contributed by atoms with E-state index < -0.39 is 21.2 Å². The molecule has 0 saturated carbocycles. The summed E-state index contributed by atoms with van der Waals surface area (Å²) in [7, 11) is 0. The molecule has 0 bridgehead atoms. The van der Waals surface area contributed by atoms with Crippen LogP contribution in [-0.2, 0) is 0 Å². The first-order valence-corrected chi connectivity index (χ1v) is 12.1. The molecular weight excluding hydrogens is 526 g/mol. The van der Waals surface area contributed by atoms with Crippen molar-refractivity contribution >= 4 is 45.3 Å². The number of nitro benzene ring substituents is 2. The van der Waals surface area contributed by atoms with Crippen LogP contribution >= 0.6 is 0 Å². The van der Waals surface area contributed by atoms with Gasteiger partial charge in [-0.05, 0) is 42.5 Å². The number of fused-ring (bicyclic) bond motifs is 1. The second-order valence-electron chi connectivity index (χ2n) is 8.41. The van der Waals surface area contributed by atoms with E-state index in [9.17, 15) is 35.5 Å². The molecule has 15 heteroatoms. The normalized spacial score (nSPS) is 10.9. The number of aliphatic hydroxyl groups excluding tert-OH is 3. The van der Waals surface area contributed by atoms with E-state index in [0.717, 1.165) is 11.8 Å². The Balaban J connectivity index is 1.74. The molecule has 2 aromatic carbocycles. The Kier molecular flexibility index (Phi) is 8.90. The molecule has 5 N–H and O–H groups in total. The molecule has 0 aliphatic heterocycles. The number of ether oxygens (including phenoxy) is 1. The molecule has 15 nitrogen and oxygen atoms in total. The van der Waals surface area contributed by atoms with E-state index in [1.807, 2.05) is 0 Å². The van der Waals surface area contributed by atoms with Gasteiger partial charge in [-0.3, -0.25) is 20.2 Å². The first-order valence-electron chi connectivity index (χ1n) is 12.1. The van der Waals surface area contributed by atoms with Gasteiger partial charge in [0.05, 0.1) is 41.3 Å². The van der Waals surface area contributed by atoms with Crippen LogP contribution in [0.5, 0.6) is 5.88 Å². The molecule has 0 amide bonds. The van der Waals surface area contributed by atoms with Crippen LogP contribution in [0.2, 0.25) is 0 Å². The molecule has 0 atom stereocenters. The van der Waals surface area contributed by atoms with Crippen molar-refractivity contribution in [2.75, 3.05) is 55.1 Å². The molecule has 0 spiro atoms. The summed E-state index contributed by atoms with van der Waals surface area (Å²) in [5.74, 6) is 0.0771. The third-order valence-corrected chi connectivity index (χ3v) is 5.86. The van der Waals surface area contributed by atoms with Crippen molar-refractivity contribution in [3.63, 3.8) is 0 Å². The molecule has 2 heterocycles. The zero-order chi connectivity index (χ0) is 28.6. The third-order valence-electron chi connectivity index (χ3n) is 5.86. The summed E-state index contributed by atoms with van der Waals surface area (Å²) in [6.07, 6.45) is 1.65. The van der Waals surface area contributed by atoms with Crippen LogP contribution in [0.4, 0.5) is 39.8 Å². The number of rotatable bonds is 14. The highest BCUT2D eigenvalue weighted by Gasteiger charge is 2.27. The lowest BCUT2D eigenvalue weighted by Gasteiger charge is -2.23. The largest absolute Gasteiger partial charge is 0.473 e. The lowest BCUT2D eigenvalue weighted by molar-refractivity contribution is -0.393. The van der Waals surface area contributed by atoms with Gasteiger partial charge in [0.1, 0.15) is 23.7 Å². The summed E-state index contributed by atoms with van der Waals surface area (Å²) < 4.78 is 7.01. The second-order valence-corrected chi connectivity index (χ2v) is 8.41. The van der Waals surface area contributed by atoms with Crippen molar-refractivity contribution in [2.45, 2.75) is 0 Å². The van der Waals surface area contributed by atoms with E-state index in [1.165, 1.54) is 10.6 Å². The molecule has 0 aliphatic carbocycles. The summed E-state index contributed by atoms with van der Waals surface area (Å²) in [5, 5.41) is 61.7. The van der Waals surface area contributed by atoms with Gasteiger partial charge in [-0.25, -0.2) is 4.52 Å². The van der Waals surface area contributed by atoms with Crippen LogP contribution in [0.1, 0.15) is 0 Å². The summed E-state index contributed by atoms with van der Waals surface area (Å²) >= 11 is 0. The molecule has 4 aromatic rings. The molecular formula is C25H27N7O8. The number of hydrogen-bond donors (Lipinski definition) is 5. The molecule has 0 unspecified atom stereocenters. The number of nitrogens with zero attached hydrogens (tertiary/aromatic N) is 5. The van der Waals surface area contributed by atoms with Crippen molar-refractivity contribution in [3.8, 4) is 5.88 Å². The van der Waals surface area contributed by atoms with Gasteiger partial charge in [0.15, 0.2) is 0 Å². The van der Waals surface area contributed by atoms with E-state index in [-0.39, 0.29) is 49.4 Å². The Morgan fingerprint density at radius 3 is 2.12 bits per heavy atom. The van der Waals surface area contributed by atoms with Crippen LogP contribution < -0.4 is 20.3 Å². The maximum absolute atomic E-state index is 11.9. The number of hydrogen-bond acceptors (Lipinski definition) is 12. The molecule has 2 aromatic heterocycles. The lowest BCUT2D eigenvalue weighted by Crippen LogP contribution is -2.29. The Labute approximate surface area is 227 Å². The minimum Gasteiger partial charge on any atom is -0.473 e. The molecule has 4 rings (SSSR count). The summed E-state index contributed by atoms with van der Waals surface area (Å²) in [6.45, 7) is 0.0509. The van der Waals surface area contributed by atoms with Crippen LogP contribution in [0.25, 0.3) is 5.52 Å². The fourth-order valence-electron chi connectivity index (χ4n) is 4.07. The van der Waals surface area contributed by atoms with Crippen molar-refractivity contribution in [2.24, 2.45) is 0 Å². The molecule has 210 valence electrons. The SMILES string of the molecule is O=[N+]([O-])c1cc([N+](=O)[O-])c(Nc2c(OCCO)nn3ccccc23)cc1Nc1ccc(N(CCO)CCO)cc1. The van der Waals surface area contributed by atoms with Gasteiger partial charge in [0.2, 0.25) is 0 Å². The zero-order valence-electron chi connectivity index (χ0n) is 21.1. The summed E-state index contributed by atoms with van der Waals surface area (Å²) in [4.78, 5) is 24.1. The van der Waals surface area contributed by atoms with Gasteiger partial charge in [-0.2, -0.15) is 0 Å². The number of anilines is 5. The lowest BCUT2D eigenvalue weighted by atomic mass is 10.1. The van der Waals surface area contributed by atoms with Gasteiger partial charge < -0.3 is 35.6 Å². The maximum atomic E-state index is 11.9. The highest BCUT2D eigenvalue weighted by molar-refractivity contribution is 5.88. The van der Waals surface area contributed by atoms with Gasteiger partial charge in [-0.15, -0.1) is 5.10 Å². The van der Waals surface area contributed by atoms with Crippen LogP contribution in [0, 0.1) is 20.2 Å². The molecule has 0 radical (unpaired) electrons. The Bertz CT molecular complexity index is 1490. The second kappa shape index (κ2) is 12.7. The number of benzene rings is 2. The smallest absolute Gasteiger partial charge is 0.299 e. The monoisotopic (exact) mass is 553 g/mol. The van der Waals surface area contributed by atoms with Crippen molar-refractivity contribution in [1.82, 2.24) is 9.61 Å². The number of nitrogens with one attached hydrogen (secondary N) is 2. The van der Waals surface area contributed by atoms with E-state index in [0.29, 0.717) is 24.3 Å². The van der Waals surface area contributed by atoms with Crippen LogP contribution in [0.15, 0.2) is 60.8 Å². The zero-order valence-corrected chi connectivity index (χ0v) is 21.1. The van der Waals surface area contributed by atoms with E-state index in [1.54, 1.807) is 53.6 Å². The topological polar surface area (TPSA) is 201 Å². The summed E-state index contributed by atoms with van der Waals surface area (Å²) in [6, 6.07) is 14.0. The number of pyridine rings is 1. The molecule has 0 aliphatic rings. The number of aromatic nitrogens is 2. The fourth-order valence-corrected chi connectivity index (χ4v) is 4.07. The van der Waals surface area contributed by atoms with Crippen LogP contribution in [0.3, 0.4) is 0 Å². The Morgan fingerprint density at radius 2 is 1.52 bits per heavy atom. The Hall–Kier alpha value is -4.99. The van der Waals surface area contributed by atoms with Crippen LogP contribution in [-0.4, -0.2) is 74.3 Å². The highest BCUT2D eigenvalue weighted by Crippen LogP contribution is 2.41. The molecule has 0 fully saturated rings. The predicted molar refractivity (Wildman–Crippen MR) is 147 cm³/mol. The first-order chi connectivity index (χ1) is 19.4. The summed E-state index contributed by atoms with van der Waals surface area (Å²) in [5.41, 5.74) is 0.847. The van der Waals surface area contributed by atoms with E-state index >= 15 is 0 Å². The minimum atomic E-state index is -0.731. The molecule has 40 heavy (non-hydrogen) atoms. The highest BCUT2D eigenvalue weighted by atomic mass is 16.6. The average Bonchev–Trinajstić information content (AvgIpc) is 3.29. The average molecular weight is 554 g/mol. The molecule has 0 saturated heterocycles. The van der Waals surface area contributed by atoms with E-state index in [4.69, 9.17) is 4.74 Å². The van der Waals surface area contributed by atoms with Crippen molar-refractivity contribution in [1.29, 1.82) is 0 Å². The van der Waals surface area contributed by atoms with Gasteiger partial charge >= 0.3 is 0 Å². The van der Waals surface area contributed by atoms with Crippen molar-refractivity contribution in [3.05, 3.63) is 81.0 Å². The van der Waals surface area contributed by atoms with E-state index in [2.05, 4.69) is 15.7 Å². The maximum Gasteiger partial charge on any atom is 0.299 e. The predicted octanol–water partition coefficient (Wildman–Crippen LogP) is 2.80. The van der Waals surface area contributed by atoms with Crippen molar-refractivity contribution < 1.29 is 29.9 Å². The van der Waals surface area contributed by atoms with Gasteiger partial charge in [0.25, 0.3) is 17.3 Å². The standard InChI is InChI=1S/C25H27N7O8/c33-11-9-29(10-12-34)18-6-4-17(5-7-18)26-19-15-20(23(32(38)39)16-22(19)31(36)37)27-24-21-3-1-2-8-30(21)28-25(24)40-14-13-35/h1-8,15-16,26-27,33-35H,9-14H2. The first kappa shape index (κ1) is 28.0. The van der Waals surface area contributed by atoms with Gasteiger partial charge in [-0.1, -0.05) is 6.07 Å². The quantitative estimate of drug-likeness (QED) is 0.113. The fraction of sp³-hybridized carbons (Fsp3) is 0.240. The Morgan fingerprint density at radius 1 is 0.875 bits per heavy atom. The number of aliphatic hydroxyl groups is 3. The minimum absolute atomic E-state index is 0.0114.